The third-order valence-corrected chi connectivity index (χ3v) is 9.96. The summed E-state index contributed by atoms with van der Waals surface area (Å²) in [5.41, 5.74) is 7.63. The molecule has 0 saturated carbocycles. The maximum Gasteiger partial charge on any atom is 0.0362 e. The van der Waals surface area contributed by atoms with Gasteiger partial charge >= 0.3 is 0 Å². The first kappa shape index (κ1) is 24.4. The van der Waals surface area contributed by atoms with Crippen LogP contribution < -0.4 is 0 Å². The summed E-state index contributed by atoms with van der Waals surface area (Å²) in [5, 5.41) is 10.4. The van der Waals surface area contributed by atoms with Crippen molar-refractivity contribution >= 4 is 63.8 Å². The number of benzene rings is 8. The topological polar surface area (TPSA) is 0 Å². The predicted molar refractivity (Wildman–Crippen MR) is 188 cm³/mol. The second-order valence-electron chi connectivity index (χ2n) is 11.3. The molecule has 0 aliphatic rings. The van der Waals surface area contributed by atoms with Gasteiger partial charge in [-0.25, -0.2) is 0 Å². The van der Waals surface area contributed by atoms with E-state index in [0.29, 0.717) is 0 Å². The van der Waals surface area contributed by atoms with E-state index in [1.165, 1.54) is 85.9 Å². The van der Waals surface area contributed by atoms with Crippen LogP contribution in [0, 0.1) is 0 Å². The van der Waals surface area contributed by atoms with Gasteiger partial charge in [0.2, 0.25) is 0 Å². The lowest BCUT2D eigenvalue weighted by Crippen LogP contribution is -1.91. The summed E-state index contributed by atoms with van der Waals surface area (Å²) in [5.74, 6) is 0. The summed E-state index contributed by atoms with van der Waals surface area (Å²) in [6.45, 7) is 0. The van der Waals surface area contributed by atoms with Gasteiger partial charge in [-0.05, 0) is 83.9 Å². The molecule has 9 rings (SSSR count). The fourth-order valence-electron chi connectivity index (χ4n) is 6.91. The Hall–Kier alpha value is -5.24. The van der Waals surface area contributed by atoms with Crippen molar-refractivity contribution < 1.29 is 0 Å². The smallest absolute Gasteiger partial charge is 0.0362 e. The number of fused-ring (bicyclic) bond motifs is 6. The molecule has 0 N–H and O–H groups in total. The van der Waals surface area contributed by atoms with Gasteiger partial charge in [0.1, 0.15) is 0 Å². The molecule has 0 unspecified atom stereocenters. The molecule has 8 aromatic carbocycles. The summed E-state index contributed by atoms with van der Waals surface area (Å²) in [7, 11) is 0. The highest BCUT2D eigenvalue weighted by molar-refractivity contribution is 7.26. The number of hydrogen-bond acceptors (Lipinski definition) is 1. The van der Waals surface area contributed by atoms with E-state index >= 15 is 0 Å². The highest BCUT2D eigenvalue weighted by Gasteiger charge is 2.19. The third-order valence-electron chi connectivity index (χ3n) is 8.84. The van der Waals surface area contributed by atoms with Gasteiger partial charge in [-0.2, -0.15) is 0 Å². The largest absolute Gasteiger partial charge is 0.135 e. The molecule has 1 heterocycles. The Balaban J connectivity index is 1.35. The average molecular weight is 563 g/mol. The van der Waals surface area contributed by atoms with Crippen molar-refractivity contribution in [2.45, 2.75) is 0 Å². The van der Waals surface area contributed by atoms with Gasteiger partial charge in [0, 0.05) is 20.2 Å². The minimum Gasteiger partial charge on any atom is -0.135 e. The molecule has 0 bridgehead atoms. The molecule has 0 spiro atoms. The van der Waals surface area contributed by atoms with Gasteiger partial charge in [0.05, 0.1) is 0 Å². The zero-order valence-electron chi connectivity index (χ0n) is 23.4. The van der Waals surface area contributed by atoms with E-state index in [0.717, 1.165) is 0 Å². The SMILES string of the molecule is c1ccc(-c2ccc(-c3c4ccccc4c(-c4cccc5sc6cc7ccccc7cc6c45)c4ccccc34)cc2)cc1. The van der Waals surface area contributed by atoms with Gasteiger partial charge in [-0.3, -0.25) is 0 Å². The lowest BCUT2D eigenvalue weighted by molar-refractivity contribution is 1.61. The van der Waals surface area contributed by atoms with Crippen molar-refractivity contribution in [1.29, 1.82) is 0 Å². The monoisotopic (exact) mass is 562 g/mol. The van der Waals surface area contributed by atoms with Crippen LogP contribution in [0.4, 0.5) is 0 Å². The van der Waals surface area contributed by atoms with Crippen LogP contribution in [0.1, 0.15) is 0 Å². The molecular formula is C42H26S. The fraction of sp³-hybridized carbons (Fsp3) is 0. The molecule has 0 amide bonds. The Kier molecular flexibility index (Phi) is 5.47. The van der Waals surface area contributed by atoms with Crippen LogP contribution in [0.3, 0.4) is 0 Å². The Morgan fingerprint density at radius 3 is 1.53 bits per heavy atom. The number of hydrogen-bond donors (Lipinski definition) is 0. The van der Waals surface area contributed by atoms with Crippen LogP contribution in [0.15, 0.2) is 158 Å². The first-order chi connectivity index (χ1) is 21.3. The van der Waals surface area contributed by atoms with E-state index in [4.69, 9.17) is 0 Å². The first-order valence-corrected chi connectivity index (χ1v) is 15.6. The highest BCUT2D eigenvalue weighted by atomic mass is 32.1. The molecule has 0 atom stereocenters. The summed E-state index contributed by atoms with van der Waals surface area (Å²) in [6.07, 6.45) is 0. The van der Waals surface area contributed by atoms with Crippen molar-refractivity contribution in [3.63, 3.8) is 0 Å². The third kappa shape index (κ3) is 3.82. The summed E-state index contributed by atoms with van der Waals surface area (Å²) < 4.78 is 2.67. The van der Waals surface area contributed by atoms with Crippen LogP contribution in [0.25, 0.3) is 85.9 Å². The van der Waals surface area contributed by atoms with Gasteiger partial charge in [-0.15, -0.1) is 11.3 Å². The van der Waals surface area contributed by atoms with Crippen LogP contribution in [0.5, 0.6) is 0 Å². The average Bonchev–Trinajstić information content (AvgIpc) is 3.44. The van der Waals surface area contributed by atoms with Gasteiger partial charge in [0.25, 0.3) is 0 Å². The normalized spacial score (nSPS) is 11.7. The maximum atomic E-state index is 2.39. The van der Waals surface area contributed by atoms with E-state index in [1.807, 2.05) is 11.3 Å². The van der Waals surface area contributed by atoms with E-state index < -0.39 is 0 Å². The molecule has 1 aromatic heterocycles. The van der Waals surface area contributed by atoms with E-state index in [1.54, 1.807) is 0 Å². The summed E-state index contributed by atoms with van der Waals surface area (Å²) in [6, 6.07) is 57.9. The highest BCUT2D eigenvalue weighted by Crippen LogP contribution is 2.48. The summed E-state index contributed by atoms with van der Waals surface area (Å²) in [4.78, 5) is 0. The summed E-state index contributed by atoms with van der Waals surface area (Å²) >= 11 is 1.90. The minimum absolute atomic E-state index is 1.23. The van der Waals surface area contributed by atoms with Crippen molar-refractivity contribution in [3.05, 3.63) is 158 Å². The molecule has 0 radical (unpaired) electrons. The van der Waals surface area contributed by atoms with Crippen LogP contribution in [0.2, 0.25) is 0 Å². The molecule has 0 aliphatic heterocycles. The van der Waals surface area contributed by atoms with Gasteiger partial charge in [0.15, 0.2) is 0 Å². The van der Waals surface area contributed by atoms with E-state index in [2.05, 4.69) is 158 Å². The van der Waals surface area contributed by atoms with Gasteiger partial charge in [-0.1, -0.05) is 140 Å². The fourth-order valence-corrected chi connectivity index (χ4v) is 8.07. The Morgan fingerprint density at radius 1 is 0.326 bits per heavy atom. The number of rotatable bonds is 3. The molecule has 9 aromatic rings. The second kappa shape index (κ2) is 9.66. The zero-order chi connectivity index (χ0) is 28.3. The Bertz CT molecular complexity index is 2420. The molecular weight excluding hydrogens is 537 g/mol. The van der Waals surface area contributed by atoms with Crippen molar-refractivity contribution in [2.24, 2.45) is 0 Å². The lowest BCUT2D eigenvalue weighted by Gasteiger charge is -2.18. The van der Waals surface area contributed by atoms with Crippen LogP contribution in [-0.4, -0.2) is 0 Å². The maximum absolute atomic E-state index is 2.39. The second-order valence-corrected chi connectivity index (χ2v) is 12.3. The number of thiophene rings is 1. The Morgan fingerprint density at radius 2 is 0.860 bits per heavy atom. The molecule has 1 heteroatoms. The van der Waals surface area contributed by atoms with Crippen LogP contribution >= 0.6 is 11.3 Å². The molecule has 0 fully saturated rings. The first-order valence-electron chi connectivity index (χ1n) is 14.8. The Labute approximate surface area is 254 Å². The molecule has 0 nitrogen and oxygen atoms in total. The quantitative estimate of drug-likeness (QED) is 0.188. The minimum atomic E-state index is 1.23. The molecule has 43 heavy (non-hydrogen) atoms. The standard InChI is InChI=1S/C42H26S/c1-2-11-27(12-3-1)28-21-23-29(24-22-28)40-32-15-6-8-17-34(32)41(35-18-9-7-16-33(35)40)36-19-10-20-38-42(36)37-25-30-13-4-5-14-31(30)26-39(37)43-38/h1-26H. The van der Waals surface area contributed by atoms with E-state index in [9.17, 15) is 0 Å². The molecule has 0 aliphatic carbocycles. The zero-order valence-corrected chi connectivity index (χ0v) is 24.2. The molecule has 0 saturated heterocycles. The van der Waals surface area contributed by atoms with Crippen LogP contribution in [-0.2, 0) is 0 Å². The van der Waals surface area contributed by atoms with E-state index in [-0.39, 0.29) is 0 Å². The predicted octanol–water partition coefficient (Wildman–Crippen LogP) is 12.5. The van der Waals surface area contributed by atoms with Gasteiger partial charge < -0.3 is 0 Å². The lowest BCUT2D eigenvalue weighted by atomic mass is 9.84. The molecule has 200 valence electrons. The van der Waals surface area contributed by atoms with Crippen molar-refractivity contribution in [1.82, 2.24) is 0 Å². The van der Waals surface area contributed by atoms with Crippen molar-refractivity contribution in [3.8, 4) is 33.4 Å². The van der Waals surface area contributed by atoms with Crippen molar-refractivity contribution in [2.75, 3.05) is 0 Å².